The van der Waals surface area contributed by atoms with E-state index in [1.807, 2.05) is 11.8 Å². The highest BCUT2D eigenvalue weighted by molar-refractivity contribution is 6.31. The van der Waals surface area contributed by atoms with E-state index >= 15 is 0 Å². The van der Waals surface area contributed by atoms with E-state index in [0.29, 0.717) is 36.9 Å². The lowest BCUT2D eigenvalue weighted by Gasteiger charge is -2.34. The minimum atomic E-state index is -2.83. The number of rotatable bonds is 4. The number of hydrogen-bond acceptors (Lipinski definition) is 3. The molecule has 3 rings (SSSR count). The van der Waals surface area contributed by atoms with Gasteiger partial charge in [0.1, 0.15) is 5.92 Å². The van der Waals surface area contributed by atoms with Crippen LogP contribution in [-0.4, -0.2) is 60.3 Å². The molecular weight excluding hydrogens is 352 g/mol. The van der Waals surface area contributed by atoms with Gasteiger partial charge in [-0.1, -0.05) is 17.7 Å². The molecule has 2 fully saturated rings. The normalized spacial score (nSPS) is 22.6. The van der Waals surface area contributed by atoms with Crippen LogP contribution in [0.3, 0.4) is 0 Å². The summed E-state index contributed by atoms with van der Waals surface area (Å²) in [6, 6.07) is 5.31. The SMILES string of the molecule is Cc1c(Cl)cccc1NC(=O)CN1CCN(C(=O)C2CC2(F)F)CC1. The Bertz CT molecular complexity index is 690. The number of alkyl halides is 2. The number of benzene rings is 1. The second-order valence-electron chi connectivity index (χ2n) is 6.58. The van der Waals surface area contributed by atoms with Crippen LogP contribution in [0.2, 0.25) is 5.02 Å². The van der Waals surface area contributed by atoms with Crippen molar-refractivity contribution >= 4 is 29.1 Å². The van der Waals surface area contributed by atoms with Crippen LogP contribution in [0.4, 0.5) is 14.5 Å². The van der Waals surface area contributed by atoms with Crippen LogP contribution in [0.15, 0.2) is 18.2 Å². The Morgan fingerprint density at radius 3 is 2.52 bits per heavy atom. The fourth-order valence-electron chi connectivity index (χ4n) is 2.96. The average Bonchev–Trinajstić information content (AvgIpc) is 3.20. The molecule has 5 nitrogen and oxygen atoms in total. The number of piperazine rings is 1. The number of hydrogen-bond donors (Lipinski definition) is 1. The number of carbonyl (C=O) groups excluding carboxylic acids is 2. The number of amides is 2. The summed E-state index contributed by atoms with van der Waals surface area (Å²) in [6.07, 6.45) is -0.340. The third-order valence-corrected chi connectivity index (χ3v) is 5.13. The van der Waals surface area contributed by atoms with Gasteiger partial charge in [0.25, 0.3) is 5.92 Å². The first-order valence-corrected chi connectivity index (χ1v) is 8.59. The van der Waals surface area contributed by atoms with Gasteiger partial charge in [-0.2, -0.15) is 0 Å². The van der Waals surface area contributed by atoms with E-state index in [9.17, 15) is 18.4 Å². The maximum absolute atomic E-state index is 13.0. The standard InChI is InChI=1S/C17H20ClF2N3O2/c1-11-13(18)3-2-4-14(11)21-15(24)10-22-5-7-23(8-6-22)16(25)12-9-17(12,19)20/h2-4,12H,5-10H2,1H3,(H,21,24). The second kappa shape index (κ2) is 6.88. The van der Waals surface area contributed by atoms with Crippen molar-refractivity contribution in [1.82, 2.24) is 9.80 Å². The first-order valence-electron chi connectivity index (χ1n) is 8.22. The molecule has 1 saturated carbocycles. The van der Waals surface area contributed by atoms with Gasteiger partial charge in [0, 0.05) is 43.3 Å². The fraction of sp³-hybridized carbons (Fsp3) is 0.529. The summed E-state index contributed by atoms with van der Waals surface area (Å²) in [5.41, 5.74) is 1.47. The van der Waals surface area contributed by atoms with Gasteiger partial charge < -0.3 is 10.2 Å². The summed E-state index contributed by atoms with van der Waals surface area (Å²) in [6.45, 7) is 3.74. The third kappa shape index (κ3) is 4.10. The maximum atomic E-state index is 13.0. The topological polar surface area (TPSA) is 52.7 Å². The van der Waals surface area contributed by atoms with Gasteiger partial charge in [-0.3, -0.25) is 14.5 Å². The Labute approximate surface area is 149 Å². The fourth-order valence-corrected chi connectivity index (χ4v) is 3.14. The Morgan fingerprint density at radius 2 is 1.92 bits per heavy atom. The summed E-state index contributed by atoms with van der Waals surface area (Å²) in [5, 5.41) is 3.41. The first kappa shape index (κ1) is 18.1. The molecule has 2 aliphatic rings. The molecule has 1 aliphatic carbocycles. The van der Waals surface area contributed by atoms with Crippen LogP contribution >= 0.6 is 11.6 Å². The van der Waals surface area contributed by atoms with E-state index in [4.69, 9.17) is 11.6 Å². The van der Waals surface area contributed by atoms with Crippen molar-refractivity contribution < 1.29 is 18.4 Å². The maximum Gasteiger partial charge on any atom is 0.260 e. The highest BCUT2D eigenvalue weighted by atomic mass is 35.5. The van der Waals surface area contributed by atoms with Crippen LogP contribution in [0.1, 0.15) is 12.0 Å². The lowest BCUT2D eigenvalue weighted by atomic mass is 10.2. The summed E-state index contributed by atoms with van der Waals surface area (Å²) < 4.78 is 26.0. The predicted octanol–water partition coefficient (Wildman–Crippen LogP) is 2.39. The van der Waals surface area contributed by atoms with Crippen molar-refractivity contribution in [3.63, 3.8) is 0 Å². The largest absolute Gasteiger partial charge is 0.340 e. The van der Waals surface area contributed by atoms with Crippen LogP contribution in [0, 0.1) is 12.8 Å². The minimum Gasteiger partial charge on any atom is -0.340 e. The molecule has 0 radical (unpaired) electrons. The minimum absolute atomic E-state index is 0.168. The van der Waals surface area contributed by atoms with Crippen molar-refractivity contribution in [2.75, 3.05) is 38.0 Å². The summed E-state index contributed by atoms with van der Waals surface area (Å²) in [4.78, 5) is 27.5. The number of carbonyl (C=O) groups is 2. The summed E-state index contributed by atoms with van der Waals surface area (Å²) in [7, 11) is 0. The van der Waals surface area contributed by atoms with Gasteiger partial charge in [-0.25, -0.2) is 8.78 Å². The molecule has 1 heterocycles. The Kier molecular flexibility index (Phi) is 4.97. The molecule has 0 aromatic heterocycles. The molecule has 1 unspecified atom stereocenters. The van der Waals surface area contributed by atoms with Crippen molar-refractivity contribution in [1.29, 1.82) is 0 Å². The van der Waals surface area contributed by atoms with Gasteiger partial charge in [0.15, 0.2) is 0 Å². The van der Waals surface area contributed by atoms with Gasteiger partial charge in [-0.15, -0.1) is 0 Å². The smallest absolute Gasteiger partial charge is 0.260 e. The molecular formula is C17H20ClF2N3O2. The quantitative estimate of drug-likeness (QED) is 0.884. The lowest BCUT2D eigenvalue weighted by Crippen LogP contribution is -2.51. The molecule has 1 atom stereocenters. The van der Waals surface area contributed by atoms with Crippen LogP contribution in [0.25, 0.3) is 0 Å². The highest BCUT2D eigenvalue weighted by Gasteiger charge is 2.62. The molecule has 25 heavy (non-hydrogen) atoms. The molecule has 1 N–H and O–H groups in total. The zero-order valence-corrected chi connectivity index (χ0v) is 14.7. The van der Waals surface area contributed by atoms with Gasteiger partial charge >= 0.3 is 0 Å². The Hall–Kier alpha value is -1.73. The molecule has 1 saturated heterocycles. The van der Waals surface area contributed by atoms with Crippen LogP contribution in [-0.2, 0) is 9.59 Å². The molecule has 136 valence electrons. The van der Waals surface area contributed by atoms with Gasteiger partial charge in [0.05, 0.1) is 6.54 Å². The van der Waals surface area contributed by atoms with Crippen molar-refractivity contribution in [2.45, 2.75) is 19.3 Å². The third-order valence-electron chi connectivity index (χ3n) is 4.72. The van der Waals surface area contributed by atoms with Gasteiger partial charge in [0.2, 0.25) is 11.8 Å². The van der Waals surface area contributed by atoms with E-state index in [1.165, 1.54) is 4.90 Å². The Morgan fingerprint density at radius 1 is 1.28 bits per heavy atom. The van der Waals surface area contributed by atoms with E-state index in [1.54, 1.807) is 18.2 Å². The second-order valence-corrected chi connectivity index (χ2v) is 6.99. The van der Waals surface area contributed by atoms with Crippen molar-refractivity contribution in [2.24, 2.45) is 5.92 Å². The first-order chi connectivity index (χ1) is 11.8. The monoisotopic (exact) mass is 371 g/mol. The molecule has 0 bridgehead atoms. The zero-order chi connectivity index (χ0) is 18.2. The average molecular weight is 372 g/mol. The molecule has 8 heteroatoms. The van der Waals surface area contributed by atoms with Gasteiger partial charge in [-0.05, 0) is 24.6 Å². The highest BCUT2D eigenvalue weighted by Crippen LogP contribution is 2.49. The van der Waals surface area contributed by atoms with Crippen molar-refractivity contribution in [3.8, 4) is 0 Å². The van der Waals surface area contributed by atoms with Crippen molar-refractivity contribution in [3.05, 3.63) is 28.8 Å². The molecule has 0 spiro atoms. The van der Waals surface area contributed by atoms with Crippen LogP contribution < -0.4 is 5.32 Å². The molecule has 1 aliphatic heterocycles. The molecule has 1 aromatic rings. The number of nitrogens with zero attached hydrogens (tertiary/aromatic N) is 2. The van der Waals surface area contributed by atoms with E-state index in [0.717, 1.165) is 5.56 Å². The van der Waals surface area contributed by atoms with E-state index < -0.39 is 17.7 Å². The lowest BCUT2D eigenvalue weighted by molar-refractivity contribution is -0.136. The molecule has 2 amide bonds. The number of halogens is 3. The molecule has 1 aromatic carbocycles. The summed E-state index contributed by atoms with van der Waals surface area (Å²) >= 11 is 6.03. The van der Waals surface area contributed by atoms with Crippen LogP contribution in [0.5, 0.6) is 0 Å². The van der Waals surface area contributed by atoms with E-state index in [-0.39, 0.29) is 18.9 Å². The number of anilines is 1. The predicted molar refractivity (Wildman–Crippen MR) is 90.9 cm³/mol. The Balaban J connectivity index is 1.46. The van der Waals surface area contributed by atoms with E-state index in [2.05, 4.69) is 5.32 Å². The number of nitrogens with one attached hydrogen (secondary N) is 1. The summed E-state index contributed by atoms with van der Waals surface area (Å²) in [5.74, 6) is -4.61. The zero-order valence-electron chi connectivity index (χ0n) is 13.9.